The third-order valence-electron chi connectivity index (χ3n) is 12.8. The molecule has 320 valence electrons. The molecule has 4 aromatic heterocycles. The molecule has 7 aromatic carbocycles. The van der Waals surface area contributed by atoms with Gasteiger partial charge in [0, 0.05) is 57.8 Å². The number of pyridine rings is 3. The Bertz CT molecular complexity index is 3290. The molecule has 0 bridgehead atoms. The molecule has 0 atom stereocenters. The van der Waals surface area contributed by atoms with E-state index in [0.29, 0.717) is 0 Å². The Balaban J connectivity index is 1.00. The molecule has 4 heteroatoms. The van der Waals surface area contributed by atoms with Crippen LogP contribution < -0.4 is 0 Å². The highest BCUT2D eigenvalue weighted by Crippen LogP contribution is 2.40. The molecule has 0 radical (unpaired) electrons. The largest absolute Gasteiger partial charge is 0.315 e. The van der Waals surface area contributed by atoms with Crippen molar-refractivity contribution in [2.24, 2.45) is 0 Å². The average Bonchev–Trinajstić information content (AvgIpc) is 3.80. The van der Waals surface area contributed by atoms with E-state index in [1.54, 1.807) is 0 Å². The van der Waals surface area contributed by atoms with Crippen molar-refractivity contribution in [2.75, 3.05) is 0 Å². The molecule has 0 spiro atoms. The number of aromatic nitrogens is 4. The summed E-state index contributed by atoms with van der Waals surface area (Å²) in [5, 5.41) is 2.42. The van der Waals surface area contributed by atoms with Gasteiger partial charge in [0.15, 0.2) is 0 Å². The van der Waals surface area contributed by atoms with Crippen molar-refractivity contribution in [1.82, 2.24) is 19.5 Å². The summed E-state index contributed by atoms with van der Waals surface area (Å²) in [6, 6.07) is 78.6. The predicted octanol–water partition coefficient (Wildman–Crippen LogP) is 15.4. The van der Waals surface area contributed by atoms with Crippen LogP contribution in [0.25, 0.3) is 83.7 Å². The molecule has 4 heterocycles. The lowest BCUT2D eigenvalue weighted by Crippen LogP contribution is -2.02. The number of rotatable bonds is 13. The minimum Gasteiger partial charge on any atom is -0.315 e. The van der Waals surface area contributed by atoms with Crippen molar-refractivity contribution < 1.29 is 0 Å². The number of aryl methyl sites for hydroxylation is 4. The zero-order chi connectivity index (χ0) is 44.8. The second-order valence-corrected chi connectivity index (χ2v) is 17.2. The maximum atomic E-state index is 4.76. The van der Waals surface area contributed by atoms with Crippen molar-refractivity contribution >= 4 is 10.8 Å². The third kappa shape index (κ3) is 9.11. The van der Waals surface area contributed by atoms with E-state index in [0.717, 1.165) is 76.3 Å². The Kier molecular flexibility index (Phi) is 11.7. The van der Waals surface area contributed by atoms with Crippen LogP contribution >= 0.6 is 0 Å². The molecule has 0 aliphatic carbocycles. The molecule has 0 aliphatic rings. The highest BCUT2D eigenvalue weighted by Gasteiger charge is 2.19. The van der Waals surface area contributed by atoms with Crippen LogP contribution in [0.5, 0.6) is 0 Å². The van der Waals surface area contributed by atoms with Gasteiger partial charge in [-0.15, -0.1) is 0 Å². The van der Waals surface area contributed by atoms with E-state index >= 15 is 0 Å². The number of benzene rings is 7. The summed E-state index contributed by atoms with van der Waals surface area (Å²) in [4.78, 5) is 13.9. The maximum Gasteiger partial charge on any atom is 0.0702 e. The molecule has 0 fully saturated rings. The first-order valence-electron chi connectivity index (χ1n) is 23.1. The van der Waals surface area contributed by atoms with Crippen LogP contribution in [0.15, 0.2) is 243 Å². The fourth-order valence-electron chi connectivity index (χ4n) is 9.30. The fraction of sp³-hybridized carbons (Fsp3) is 0.0635. The Morgan fingerprint density at radius 3 is 1.34 bits per heavy atom. The maximum absolute atomic E-state index is 4.76. The Morgan fingerprint density at radius 2 is 0.776 bits per heavy atom. The summed E-state index contributed by atoms with van der Waals surface area (Å²) < 4.78 is 2.43. The van der Waals surface area contributed by atoms with E-state index in [9.17, 15) is 0 Å². The van der Waals surface area contributed by atoms with Gasteiger partial charge in [-0.3, -0.25) is 15.0 Å². The van der Waals surface area contributed by atoms with Gasteiger partial charge in [0.1, 0.15) is 0 Å². The van der Waals surface area contributed by atoms with Crippen molar-refractivity contribution in [3.63, 3.8) is 0 Å². The van der Waals surface area contributed by atoms with Crippen molar-refractivity contribution in [3.8, 4) is 73.0 Å². The molecular formula is C63H48N4. The zero-order valence-electron chi connectivity index (χ0n) is 37.2. The first-order valence-corrected chi connectivity index (χ1v) is 23.1. The van der Waals surface area contributed by atoms with Crippen LogP contribution in [0.4, 0.5) is 0 Å². The Labute approximate surface area is 392 Å². The second kappa shape index (κ2) is 18.9. The molecule has 11 aromatic rings. The molecular weight excluding hydrogens is 813 g/mol. The molecule has 0 unspecified atom stereocenters. The first-order chi connectivity index (χ1) is 33.2. The molecule has 0 saturated heterocycles. The standard InChI is InChI=1S/C63H48N4/c1-2-12-49(13-3-1)50-31-33-51(34-32-50)58-43-54(61-18-8-11-39-66-61)35-36-62(58)67-44-55-14-4-5-15-57(55)63(67)56-41-47(21-19-45-23-27-52(28-24-45)59-16-6-9-37-64-59)40-48(42-56)22-20-46-25-29-53(30-26-46)60-17-7-10-38-65-60/h1-18,23-44H,19-22H2. The van der Waals surface area contributed by atoms with Gasteiger partial charge in [-0.25, -0.2) is 0 Å². The minimum absolute atomic E-state index is 0.916. The van der Waals surface area contributed by atoms with Crippen LogP contribution in [0.1, 0.15) is 22.3 Å². The molecule has 0 N–H and O–H groups in total. The van der Waals surface area contributed by atoms with E-state index in [4.69, 9.17) is 4.98 Å². The smallest absolute Gasteiger partial charge is 0.0702 e. The lowest BCUT2D eigenvalue weighted by Gasteiger charge is -2.18. The third-order valence-corrected chi connectivity index (χ3v) is 12.8. The van der Waals surface area contributed by atoms with Gasteiger partial charge in [-0.1, -0.05) is 158 Å². The number of nitrogens with zero attached hydrogens (tertiary/aromatic N) is 4. The second-order valence-electron chi connectivity index (χ2n) is 17.2. The lowest BCUT2D eigenvalue weighted by atomic mass is 9.94. The van der Waals surface area contributed by atoms with Crippen LogP contribution in [0.2, 0.25) is 0 Å². The molecule has 0 aliphatic heterocycles. The summed E-state index contributed by atoms with van der Waals surface area (Å²) in [6.45, 7) is 0. The molecule has 4 nitrogen and oxygen atoms in total. The highest BCUT2D eigenvalue weighted by molar-refractivity contribution is 5.98. The van der Waals surface area contributed by atoms with Crippen LogP contribution in [0.3, 0.4) is 0 Å². The quantitative estimate of drug-likeness (QED) is 0.116. The molecule has 0 saturated carbocycles. The van der Waals surface area contributed by atoms with Crippen LogP contribution in [-0.2, 0) is 25.7 Å². The van der Waals surface area contributed by atoms with E-state index in [1.165, 1.54) is 55.4 Å². The van der Waals surface area contributed by atoms with Gasteiger partial charge in [0.2, 0.25) is 0 Å². The van der Waals surface area contributed by atoms with E-state index < -0.39 is 0 Å². The monoisotopic (exact) mass is 860 g/mol. The van der Waals surface area contributed by atoms with Gasteiger partial charge >= 0.3 is 0 Å². The number of hydrogen-bond donors (Lipinski definition) is 0. The van der Waals surface area contributed by atoms with Crippen molar-refractivity contribution in [2.45, 2.75) is 25.7 Å². The normalized spacial score (nSPS) is 11.2. The number of fused-ring (bicyclic) bond motifs is 1. The molecule has 0 amide bonds. The molecule has 67 heavy (non-hydrogen) atoms. The van der Waals surface area contributed by atoms with Gasteiger partial charge < -0.3 is 4.57 Å². The summed E-state index contributed by atoms with van der Waals surface area (Å²) in [5.74, 6) is 0. The molecule has 11 rings (SSSR count). The Morgan fingerprint density at radius 1 is 0.313 bits per heavy atom. The fourth-order valence-corrected chi connectivity index (χ4v) is 9.30. The highest BCUT2D eigenvalue weighted by atomic mass is 15.0. The summed E-state index contributed by atoms with van der Waals surface area (Å²) >= 11 is 0. The zero-order valence-corrected chi connectivity index (χ0v) is 37.2. The Hall–Kier alpha value is -8.47. The van der Waals surface area contributed by atoms with Crippen LogP contribution in [-0.4, -0.2) is 19.5 Å². The van der Waals surface area contributed by atoms with Gasteiger partial charge in [0.05, 0.1) is 28.5 Å². The first kappa shape index (κ1) is 41.2. The van der Waals surface area contributed by atoms with E-state index in [2.05, 4.69) is 209 Å². The van der Waals surface area contributed by atoms with Gasteiger partial charge in [-0.05, 0) is 131 Å². The SMILES string of the molecule is c1ccc(-c2ccc(-c3cc(-c4ccccn4)ccc3-n3cc4ccccc4c3-c3cc(CCc4ccc(-c5ccccn5)cc4)cc(CCc4ccc(-c5ccccn5)cc4)c3)cc2)cc1. The van der Waals surface area contributed by atoms with E-state index in [1.807, 2.05) is 48.9 Å². The summed E-state index contributed by atoms with van der Waals surface area (Å²) in [5.41, 5.74) is 19.7. The van der Waals surface area contributed by atoms with E-state index in [-0.39, 0.29) is 0 Å². The summed E-state index contributed by atoms with van der Waals surface area (Å²) in [7, 11) is 0. The van der Waals surface area contributed by atoms with Gasteiger partial charge in [0.25, 0.3) is 0 Å². The van der Waals surface area contributed by atoms with Crippen molar-refractivity contribution in [1.29, 1.82) is 0 Å². The van der Waals surface area contributed by atoms with Crippen LogP contribution in [0, 0.1) is 0 Å². The van der Waals surface area contributed by atoms with Gasteiger partial charge in [-0.2, -0.15) is 0 Å². The average molecular weight is 861 g/mol. The number of hydrogen-bond acceptors (Lipinski definition) is 3. The predicted molar refractivity (Wildman–Crippen MR) is 277 cm³/mol. The minimum atomic E-state index is 0.916. The summed E-state index contributed by atoms with van der Waals surface area (Å²) in [6.07, 6.45) is 11.6. The topological polar surface area (TPSA) is 43.6 Å². The lowest BCUT2D eigenvalue weighted by molar-refractivity contribution is 0.930. The van der Waals surface area contributed by atoms with Crippen molar-refractivity contribution in [3.05, 3.63) is 265 Å².